The number of hydrogen-bond acceptors (Lipinski definition) is 3. The minimum atomic E-state index is -0.0820. The average molecular weight is 200 g/mol. The van der Waals surface area contributed by atoms with Crippen LogP contribution in [0.4, 0.5) is 0 Å². The van der Waals surface area contributed by atoms with Gasteiger partial charge in [-0.25, -0.2) is 0 Å². The molecule has 3 nitrogen and oxygen atoms in total. The van der Waals surface area contributed by atoms with Crippen LogP contribution in [0.2, 0.25) is 0 Å². The van der Waals surface area contributed by atoms with Crippen molar-refractivity contribution in [2.45, 2.75) is 57.7 Å². The molecule has 0 radical (unpaired) electrons. The van der Waals surface area contributed by atoms with Gasteiger partial charge in [0, 0.05) is 13.5 Å². The van der Waals surface area contributed by atoms with E-state index < -0.39 is 0 Å². The van der Waals surface area contributed by atoms with E-state index in [1.165, 1.54) is 6.42 Å². The van der Waals surface area contributed by atoms with Gasteiger partial charge in [-0.1, -0.05) is 13.3 Å². The van der Waals surface area contributed by atoms with Crippen LogP contribution < -0.4 is 0 Å². The zero-order chi connectivity index (χ0) is 10.4. The predicted octanol–water partition coefficient (Wildman–Crippen LogP) is 2.29. The van der Waals surface area contributed by atoms with E-state index in [9.17, 15) is 4.79 Å². The highest BCUT2D eigenvalue weighted by molar-refractivity contribution is 5.69. The molecule has 1 saturated carbocycles. The summed E-state index contributed by atoms with van der Waals surface area (Å²) >= 11 is 0. The Kier molecular flexibility index (Phi) is 4.94. The predicted molar refractivity (Wildman–Crippen MR) is 54.1 cm³/mol. The maximum absolute atomic E-state index is 11.3. The molecule has 0 aromatic rings. The monoisotopic (exact) mass is 200 g/mol. The summed E-state index contributed by atoms with van der Waals surface area (Å²) in [6.45, 7) is 1.98. The number of hydrogen-bond donors (Lipinski definition) is 0. The number of carbonyl (C=O) groups is 1. The summed E-state index contributed by atoms with van der Waals surface area (Å²) in [5.74, 6) is -0.0820. The number of carbonyl (C=O) groups excluding carboxylic acids is 1. The van der Waals surface area contributed by atoms with E-state index in [-0.39, 0.29) is 18.2 Å². The Hall–Kier alpha value is -0.570. The van der Waals surface area contributed by atoms with Crippen LogP contribution in [0.15, 0.2) is 0 Å². The van der Waals surface area contributed by atoms with Gasteiger partial charge in [-0.2, -0.15) is 0 Å². The lowest BCUT2D eigenvalue weighted by atomic mass is 9.94. The van der Waals surface area contributed by atoms with Crippen LogP contribution in [0.1, 0.15) is 45.4 Å². The quantitative estimate of drug-likeness (QED) is 0.653. The fourth-order valence-corrected chi connectivity index (χ4v) is 1.90. The molecule has 0 bridgehead atoms. The van der Waals surface area contributed by atoms with Gasteiger partial charge < -0.3 is 9.47 Å². The van der Waals surface area contributed by atoms with Crippen molar-refractivity contribution >= 4 is 5.97 Å². The summed E-state index contributed by atoms with van der Waals surface area (Å²) in [5, 5.41) is 0. The molecule has 0 amide bonds. The van der Waals surface area contributed by atoms with Crippen LogP contribution in [0.25, 0.3) is 0 Å². The van der Waals surface area contributed by atoms with E-state index in [4.69, 9.17) is 9.47 Å². The molecule has 3 heteroatoms. The lowest BCUT2D eigenvalue weighted by Crippen LogP contribution is -2.35. The maximum Gasteiger partial charge on any atom is 0.306 e. The second kappa shape index (κ2) is 6.02. The standard InChI is InChI=1S/C11H20O3/c1-3-6-11(12)14-10-8-5-4-7-9(10)13-2/h9-10H,3-8H2,1-2H3. The molecule has 1 fully saturated rings. The lowest BCUT2D eigenvalue weighted by molar-refractivity contribution is -0.159. The molecule has 82 valence electrons. The highest BCUT2D eigenvalue weighted by atomic mass is 16.6. The van der Waals surface area contributed by atoms with Gasteiger partial charge in [0.2, 0.25) is 0 Å². The zero-order valence-electron chi connectivity index (χ0n) is 9.12. The summed E-state index contributed by atoms with van der Waals surface area (Å²) in [5.41, 5.74) is 0. The summed E-state index contributed by atoms with van der Waals surface area (Å²) in [7, 11) is 1.69. The minimum Gasteiger partial charge on any atom is -0.460 e. The topological polar surface area (TPSA) is 35.5 Å². The fraction of sp³-hybridized carbons (Fsp3) is 0.909. The van der Waals surface area contributed by atoms with E-state index in [0.29, 0.717) is 6.42 Å². The Morgan fingerprint density at radius 1 is 1.29 bits per heavy atom. The van der Waals surface area contributed by atoms with Crippen LogP contribution in [0.3, 0.4) is 0 Å². The van der Waals surface area contributed by atoms with E-state index in [1.54, 1.807) is 7.11 Å². The normalized spacial score (nSPS) is 27.3. The molecule has 2 atom stereocenters. The molecule has 1 rings (SSSR count). The van der Waals surface area contributed by atoms with Crippen molar-refractivity contribution in [3.63, 3.8) is 0 Å². The molecule has 0 saturated heterocycles. The van der Waals surface area contributed by atoms with Crippen LogP contribution in [0, 0.1) is 0 Å². The van der Waals surface area contributed by atoms with Crippen LogP contribution >= 0.6 is 0 Å². The van der Waals surface area contributed by atoms with E-state index >= 15 is 0 Å². The molecule has 0 N–H and O–H groups in total. The van der Waals surface area contributed by atoms with E-state index in [2.05, 4.69) is 0 Å². The van der Waals surface area contributed by atoms with Gasteiger partial charge in [0.15, 0.2) is 0 Å². The molecule has 0 aromatic heterocycles. The Bertz CT molecular complexity index is 179. The fourth-order valence-electron chi connectivity index (χ4n) is 1.90. The molecule has 2 unspecified atom stereocenters. The molecular weight excluding hydrogens is 180 g/mol. The smallest absolute Gasteiger partial charge is 0.306 e. The van der Waals surface area contributed by atoms with Gasteiger partial charge in [0.05, 0.1) is 6.10 Å². The SMILES string of the molecule is CCCC(=O)OC1CCCCC1OC. The largest absolute Gasteiger partial charge is 0.460 e. The van der Waals surface area contributed by atoms with Crippen LogP contribution in [0.5, 0.6) is 0 Å². The van der Waals surface area contributed by atoms with Crippen LogP contribution in [-0.2, 0) is 14.3 Å². The summed E-state index contributed by atoms with van der Waals surface area (Å²) < 4.78 is 10.7. The van der Waals surface area contributed by atoms with Gasteiger partial charge in [0.25, 0.3) is 0 Å². The Morgan fingerprint density at radius 2 is 1.93 bits per heavy atom. The Labute approximate surface area is 85.8 Å². The second-order valence-corrected chi connectivity index (χ2v) is 3.84. The van der Waals surface area contributed by atoms with Crippen molar-refractivity contribution in [2.24, 2.45) is 0 Å². The lowest BCUT2D eigenvalue weighted by Gasteiger charge is -2.29. The van der Waals surface area contributed by atoms with Crippen molar-refractivity contribution < 1.29 is 14.3 Å². The first-order chi connectivity index (χ1) is 6.77. The van der Waals surface area contributed by atoms with Gasteiger partial charge in [-0.3, -0.25) is 4.79 Å². The van der Waals surface area contributed by atoms with Gasteiger partial charge in [-0.05, 0) is 25.7 Å². The first kappa shape index (κ1) is 11.5. The van der Waals surface area contributed by atoms with Crippen molar-refractivity contribution in [3.8, 4) is 0 Å². The Balaban J connectivity index is 2.36. The number of methoxy groups -OCH3 is 1. The number of esters is 1. The van der Waals surface area contributed by atoms with Gasteiger partial charge >= 0.3 is 5.97 Å². The molecular formula is C11H20O3. The van der Waals surface area contributed by atoms with Crippen molar-refractivity contribution in [3.05, 3.63) is 0 Å². The van der Waals surface area contributed by atoms with Crippen molar-refractivity contribution in [1.29, 1.82) is 0 Å². The first-order valence-electron chi connectivity index (χ1n) is 5.50. The first-order valence-corrected chi connectivity index (χ1v) is 5.50. The maximum atomic E-state index is 11.3. The highest BCUT2D eigenvalue weighted by Gasteiger charge is 2.27. The molecule has 14 heavy (non-hydrogen) atoms. The summed E-state index contributed by atoms with van der Waals surface area (Å²) in [4.78, 5) is 11.3. The third-order valence-electron chi connectivity index (χ3n) is 2.68. The molecule has 1 aliphatic rings. The third kappa shape index (κ3) is 3.29. The Morgan fingerprint density at radius 3 is 2.50 bits per heavy atom. The summed E-state index contributed by atoms with van der Waals surface area (Å²) in [6.07, 6.45) is 5.77. The van der Waals surface area contributed by atoms with Crippen molar-refractivity contribution in [2.75, 3.05) is 7.11 Å². The van der Waals surface area contributed by atoms with Crippen LogP contribution in [-0.4, -0.2) is 25.3 Å². The van der Waals surface area contributed by atoms with Gasteiger partial charge in [-0.15, -0.1) is 0 Å². The number of rotatable bonds is 4. The molecule has 0 aromatic carbocycles. The summed E-state index contributed by atoms with van der Waals surface area (Å²) in [6, 6.07) is 0. The van der Waals surface area contributed by atoms with E-state index in [0.717, 1.165) is 25.7 Å². The average Bonchev–Trinajstić information content (AvgIpc) is 2.19. The van der Waals surface area contributed by atoms with E-state index in [1.807, 2.05) is 6.92 Å². The molecule has 0 spiro atoms. The molecule has 1 aliphatic carbocycles. The molecule has 0 heterocycles. The minimum absolute atomic E-state index is 0.00667. The zero-order valence-corrected chi connectivity index (χ0v) is 9.12. The highest BCUT2D eigenvalue weighted by Crippen LogP contribution is 2.23. The number of ether oxygens (including phenoxy) is 2. The van der Waals surface area contributed by atoms with Crippen molar-refractivity contribution in [1.82, 2.24) is 0 Å². The molecule has 0 aliphatic heterocycles. The second-order valence-electron chi connectivity index (χ2n) is 3.84. The third-order valence-corrected chi connectivity index (χ3v) is 2.68. The van der Waals surface area contributed by atoms with Gasteiger partial charge in [0.1, 0.15) is 6.10 Å².